The van der Waals surface area contributed by atoms with Gasteiger partial charge in [-0.05, 0) is 17.6 Å². The molecule has 30 heavy (non-hydrogen) atoms. The first-order valence-electron chi connectivity index (χ1n) is 9.51. The van der Waals surface area contributed by atoms with Gasteiger partial charge in [0.2, 0.25) is 11.0 Å². The van der Waals surface area contributed by atoms with Crippen molar-refractivity contribution in [2.24, 2.45) is 5.92 Å². The summed E-state index contributed by atoms with van der Waals surface area (Å²) < 4.78 is 0.460. The molecule has 2 amide bonds. The standard InChI is InChI=1S/C21H22N4O2S3/c1-14(2)13-18-23-24-20(30-18)22-17(26)11-12-25-19(27)16(29-21(25)28)10-6-9-15-7-4-3-5-8-15/h3-10,14H,11-13H2,1-2H3,(H,22,24,26). The normalized spacial score (nSPS) is 15.7. The van der Waals surface area contributed by atoms with Crippen LogP contribution in [0.3, 0.4) is 0 Å². The number of anilines is 1. The van der Waals surface area contributed by atoms with Crippen molar-refractivity contribution in [2.45, 2.75) is 26.7 Å². The molecule has 156 valence electrons. The molecule has 9 heteroatoms. The first-order valence-corrected chi connectivity index (χ1v) is 11.6. The van der Waals surface area contributed by atoms with Crippen molar-refractivity contribution < 1.29 is 9.59 Å². The summed E-state index contributed by atoms with van der Waals surface area (Å²) in [7, 11) is 0. The minimum Gasteiger partial charge on any atom is -0.300 e. The van der Waals surface area contributed by atoms with Crippen molar-refractivity contribution in [1.82, 2.24) is 15.1 Å². The number of thioether (sulfide) groups is 1. The molecule has 0 saturated carbocycles. The number of carbonyl (C=O) groups excluding carboxylic acids is 2. The topological polar surface area (TPSA) is 75.2 Å². The second kappa shape index (κ2) is 10.6. The maximum absolute atomic E-state index is 12.6. The summed E-state index contributed by atoms with van der Waals surface area (Å²) in [5.74, 6) is 0.0841. The molecule has 0 atom stereocenters. The van der Waals surface area contributed by atoms with Crippen LogP contribution in [0.5, 0.6) is 0 Å². The lowest BCUT2D eigenvalue weighted by Crippen LogP contribution is -2.31. The van der Waals surface area contributed by atoms with Crippen molar-refractivity contribution >= 4 is 62.7 Å². The Morgan fingerprint density at radius 3 is 2.77 bits per heavy atom. The lowest BCUT2D eigenvalue weighted by atomic mass is 10.1. The van der Waals surface area contributed by atoms with Crippen LogP contribution < -0.4 is 5.32 Å². The van der Waals surface area contributed by atoms with E-state index in [-0.39, 0.29) is 24.8 Å². The third-order valence-corrected chi connectivity index (χ3v) is 6.32. The number of carbonyl (C=O) groups is 2. The van der Waals surface area contributed by atoms with Gasteiger partial charge in [-0.15, -0.1) is 10.2 Å². The second-order valence-electron chi connectivity index (χ2n) is 7.02. The number of thiocarbonyl (C=S) groups is 1. The van der Waals surface area contributed by atoms with Crippen LogP contribution in [0.2, 0.25) is 0 Å². The third-order valence-electron chi connectivity index (χ3n) is 4.07. The predicted octanol–water partition coefficient (Wildman–Crippen LogP) is 4.52. The van der Waals surface area contributed by atoms with Gasteiger partial charge in [-0.3, -0.25) is 14.5 Å². The molecule has 6 nitrogen and oxygen atoms in total. The Kier molecular flexibility index (Phi) is 7.89. The number of nitrogens with one attached hydrogen (secondary N) is 1. The Labute approximate surface area is 189 Å². The Balaban J connectivity index is 1.51. The smallest absolute Gasteiger partial charge is 0.266 e. The van der Waals surface area contributed by atoms with E-state index in [0.717, 1.165) is 17.0 Å². The summed E-state index contributed by atoms with van der Waals surface area (Å²) >= 11 is 7.94. The van der Waals surface area contributed by atoms with Crippen LogP contribution in [-0.4, -0.2) is 37.8 Å². The Hall–Kier alpha value is -2.36. The fourth-order valence-corrected chi connectivity index (χ4v) is 4.88. The molecule has 1 aliphatic rings. The minimum absolute atomic E-state index is 0.138. The quantitative estimate of drug-likeness (QED) is 0.463. The van der Waals surface area contributed by atoms with Gasteiger partial charge in [0.1, 0.15) is 9.33 Å². The number of hydrogen-bond acceptors (Lipinski definition) is 7. The summed E-state index contributed by atoms with van der Waals surface area (Å²) in [5, 5.41) is 12.2. The van der Waals surface area contributed by atoms with Gasteiger partial charge in [-0.1, -0.05) is 91.6 Å². The van der Waals surface area contributed by atoms with Crippen LogP contribution in [-0.2, 0) is 16.0 Å². The lowest BCUT2D eigenvalue weighted by Gasteiger charge is -2.13. The highest BCUT2D eigenvalue weighted by Crippen LogP contribution is 2.31. The monoisotopic (exact) mass is 458 g/mol. The van der Waals surface area contributed by atoms with E-state index in [0.29, 0.717) is 20.3 Å². The van der Waals surface area contributed by atoms with Crippen LogP contribution in [0.1, 0.15) is 30.8 Å². The summed E-state index contributed by atoms with van der Waals surface area (Å²) in [6.45, 7) is 4.44. The summed E-state index contributed by atoms with van der Waals surface area (Å²) in [5.41, 5.74) is 1.05. The average molecular weight is 459 g/mol. The van der Waals surface area contributed by atoms with E-state index in [1.54, 1.807) is 6.08 Å². The van der Waals surface area contributed by atoms with Crippen molar-refractivity contribution in [3.8, 4) is 0 Å². The van der Waals surface area contributed by atoms with E-state index in [1.807, 2.05) is 42.5 Å². The average Bonchev–Trinajstić information content (AvgIpc) is 3.24. The van der Waals surface area contributed by atoms with E-state index in [2.05, 4.69) is 29.4 Å². The van der Waals surface area contributed by atoms with Crippen LogP contribution in [0.4, 0.5) is 5.13 Å². The number of rotatable bonds is 8. The van der Waals surface area contributed by atoms with Gasteiger partial charge in [0.05, 0.1) is 4.91 Å². The highest BCUT2D eigenvalue weighted by atomic mass is 32.2. The van der Waals surface area contributed by atoms with E-state index in [4.69, 9.17) is 12.2 Å². The maximum atomic E-state index is 12.6. The van der Waals surface area contributed by atoms with Crippen molar-refractivity contribution in [2.75, 3.05) is 11.9 Å². The molecule has 0 spiro atoms. The van der Waals surface area contributed by atoms with Crippen molar-refractivity contribution in [3.63, 3.8) is 0 Å². The van der Waals surface area contributed by atoms with Gasteiger partial charge >= 0.3 is 0 Å². The van der Waals surface area contributed by atoms with E-state index in [1.165, 1.54) is 28.0 Å². The van der Waals surface area contributed by atoms with Gasteiger partial charge < -0.3 is 5.32 Å². The van der Waals surface area contributed by atoms with Crippen LogP contribution >= 0.6 is 35.3 Å². The number of allylic oxidation sites excluding steroid dienone is 2. The number of benzene rings is 1. The molecule has 1 saturated heterocycles. The predicted molar refractivity (Wildman–Crippen MR) is 127 cm³/mol. The molecular weight excluding hydrogens is 436 g/mol. The highest BCUT2D eigenvalue weighted by Gasteiger charge is 2.31. The Morgan fingerprint density at radius 1 is 1.27 bits per heavy atom. The number of amides is 2. The number of nitrogens with zero attached hydrogens (tertiary/aromatic N) is 3. The first-order chi connectivity index (χ1) is 14.4. The molecular formula is C21H22N4O2S3. The molecule has 2 heterocycles. The molecule has 1 N–H and O–H groups in total. The van der Waals surface area contributed by atoms with E-state index in [9.17, 15) is 9.59 Å². The van der Waals surface area contributed by atoms with Crippen LogP contribution in [0, 0.1) is 5.92 Å². The SMILES string of the molecule is CC(C)Cc1nnc(NC(=O)CCN2C(=O)C(=CC=Cc3ccccc3)SC2=S)s1. The summed E-state index contributed by atoms with van der Waals surface area (Å²) in [6, 6.07) is 9.83. The second-order valence-corrected chi connectivity index (χ2v) is 9.76. The van der Waals surface area contributed by atoms with Crippen LogP contribution in [0.25, 0.3) is 6.08 Å². The Morgan fingerprint density at radius 2 is 2.03 bits per heavy atom. The molecule has 1 aromatic heterocycles. The van der Waals surface area contributed by atoms with Crippen molar-refractivity contribution in [1.29, 1.82) is 0 Å². The van der Waals surface area contributed by atoms with Gasteiger partial charge in [-0.25, -0.2) is 0 Å². The largest absolute Gasteiger partial charge is 0.300 e. The van der Waals surface area contributed by atoms with E-state index >= 15 is 0 Å². The number of hydrogen-bond donors (Lipinski definition) is 1. The molecule has 2 aromatic rings. The van der Waals surface area contributed by atoms with Gasteiger partial charge in [0.15, 0.2) is 0 Å². The molecule has 0 unspecified atom stereocenters. The number of aromatic nitrogens is 2. The molecule has 0 bridgehead atoms. The zero-order valence-electron chi connectivity index (χ0n) is 16.7. The molecule has 1 aromatic carbocycles. The zero-order chi connectivity index (χ0) is 21.5. The highest BCUT2D eigenvalue weighted by molar-refractivity contribution is 8.26. The Bertz CT molecular complexity index is 983. The summed E-state index contributed by atoms with van der Waals surface area (Å²) in [4.78, 5) is 26.9. The lowest BCUT2D eigenvalue weighted by molar-refractivity contribution is -0.122. The van der Waals surface area contributed by atoms with Gasteiger partial charge in [0, 0.05) is 19.4 Å². The fraction of sp³-hybridized carbons (Fsp3) is 0.286. The first kappa shape index (κ1) is 22.3. The molecule has 0 radical (unpaired) electrons. The molecule has 0 aliphatic carbocycles. The van der Waals surface area contributed by atoms with Crippen molar-refractivity contribution in [3.05, 3.63) is 58.0 Å². The van der Waals surface area contributed by atoms with E-state index < -0.39 is 0 Å². The van der Waals surface area contributed by atoms with Gasteiger partial charge in [-0.2, -0.15) is 0 Å². The minimum atomic E-state index is -0.218. The van der Waals surface area contributed by atoms with Gasteiger partial charge in [0.25, 0.3) is 5.91 Å². The van der Waals surface area contributed by atoms with Crippen LogP contribution in [0.15, 0.2) is 47.4 Å². The maximum Gasteiger partial charge on any atom is 0.266 e. The molecule has 1 fully saturated rings. The summed E-state index contributed by atoms with van der Waals surface area (Å²) in [6.07, 6.45) is 6.48. The molecule has 1 aliphatic heterocycles. The fourth-order valence-electron chi connectivity index (χ4n) is 2.65. The zero-order valence-corrected chi connectivity index (χ0v) is 19.1. The third kappa shape index (κ3) is 6.32. The molecule has 3 rings (SSSR count).